The molecule has 0 unspecified atom stereocenters. The van der Waals surface area contributed by atoms with Crippen LogP contribution in [0.25, 0.3) is 22.1 Å². The SMILES string of the molecule is Cc1cccc(N(C)C(=O)Cn2c(=O)n(CC(=O)NC3CCCC3)c(=O)c3oc4ccccc4c32)c1. The van der Waals surface area contributed by atoms with Gasteiger partial charge in [-0.25, -0.2) is 9.36 Å². The van der Waals surface area contributed by atoms with Crippen molar-refractivity contribution < 1.29 is 14.0 Å². The Hall–Kier alpha value is -4.14. The molecule has 0 radical (unpaired) electrons. The number of para-hydroxylation sites is 1. The summed E-state index contributed by atoms with van der Waals surface area (Å²) in [6.45, 7) is 1.16. The molecule has 0 aliphatic heterocycles. The lowest BCUT2D eigenvalue weighted by atomic mass is 10.2. The molecule has 1 aliphatic carbocycles. The molecule has 1 saturated carbocycles. The fourth-order valence-electron chi connectivity index (χ4n) is 4.89. The van der Waals surface area contributed by atoms with Gasteiger partial charge in [0, 0.05) is 24.2 Å². The number of hydrogen-bond acceptors (Lipinski definition) is 5. The molecular formula is C27H28N4O5. The minimum absolute atomic E-state index is 0.0508. The van der Waals surface area contributed by atoms with Crippen molar-refractivity contribution in [2.75, 3.05) is 11.9 Å². The van der Waals surface area contributed by atoms with Crippen LogP contribution in [0.1, 0.15) is 31.2 Å². The maximum Gasteiger partial charge on any atom is 0.332 e. The van der Waals surface area contributed by atoms with Crippen LogP contribution in [0.4, 0.5) is 5.69 Å². The summed E-state index contributed by atoms with van der Waals surface area (Å²) in [5.41, 5.74) is 0.870. The van der Waals surface area contributed by atoms with Gasteiger partial charge in [0.1, 0.15) is 24.2 Å². The molecule has 0 spiro atoms. The first kappa shape index (κ1) is 23.6. The van der Waals surface area contributed by atoms with Gasteiger partial charge < -0.3 is 14.6 Å². The molecule has 4 aromatic rings. The van der Waals surface area contributed by atoms with Crippen molar-refractivity contribution in [3.05, 3.63) is 74.9 Å². The van der Waals surface area contributed by atoms with E-state index in [1.807, 2.05) is 31.2 Å². The summed E-state index contributed by atoms with van der Waals surface area (Å²) in [5.74, 6) is -0.763. The lowest BCUT2D eigenvalue weighted by Gasteiger charge is -2.19. The number of carbonyl (C=O) groups is 2. The maximum atomic E-state index is 13.6. The second-order valence-electron chi connectivity index (χ2n) is 9.38. The molecule has 1 N–H and O–H groups in total. The first-order chi connectivity index (χ1) is 17.3. The summed E-state index contributed by atoms with van der Waals surface area (Å²) in [4.78, 5) is 54.4. The fraction of sp³-hybridized carbons (Fsp3) is 0.333. The summed E-state index contributed by atoms with van der Waals surface area (Å²) in [6, 6.07) is 14.5. The zero-order chi connectivity index (χ0) is 25.4. The largest absolute Gasteiger partial charge is 0.449 e. The number of carbonyl (C=O) groups excluding carboxylic acids is 2. The number of rotatable bonds is 6. The van der Waals surface area contributed by atoms with E-state index in [4.69, 9.17) is 4.42 Å². The van der Waals surface area contributed by atoms with Gasteiger partial charge in [-0.1, -0.05) is 37.1 Å². The van der Waals surface area contributed by atoms with E-state index in [2.05, 4.69) is 5.32 Å². The number of furan rings is 1. The van der Waals surface area contributed by atoms with Crippen molar-refractivity contribution in [1.82, 2.24) is 14.5 Å². The van der Waals surface area contributed by atoms with Gasteiger partial charge in [-0.05, 0) is 49.6 Å². The Balaban J connectivity index is 1.58. The van der Waals surface area contributed by atoms with Crippen molar-refractivity contribution in [1.29, 1.82) is 0 Å². The third-order valence-corrected chi connectivity index (χ3v) is 6.82. The van der Waals surface area contributed by atoms with Crippen LogP contribution in [-0.2, 0) is 22.7 Å². The van der Waals surface area contributed by atoms with E-state index in [0.29, 0.717) is 16.7 Å². The minimum Gasteiger partial charge on any atom is -0.449 e. The second-order valence-corrected chi connectivity index (χ2v) is 9.38. The van der Waals surface area contributed by atoms with Crippen LogP contribution in [-0.4, -0.2) is 34.0 Å². The Morgan fingerprint density at radius 1 is 1.03 bits per heavy atom. The van der Waals surface area contributed by atoms with Crippen LogP contribution < -0.4 is 21.5 Å². The lowest BCUT2D eigenvalue weighted by Crippen LogP contribution is -2.46. The van der Waals surface area contributed by atoms with Gasteiger partial charge in [0.2, 0.25) is 17.4 Å². The van der Waals surface area contributed by atoms with Crippen LogP contribution in [0, 0.1) is 6.92 Å². The lowest BCUT2D eigenvalue weighted by molar-refractivity contribution is -0.122. The molecule has 1 fully saturated rings. The molecule has 9 nitrogen and oxygen atoms in total. The number of likely N-dealkylation sites (N-methyl/N-ethyl adjacent to an activating group) is 1. The Morgan fingerprint density at radius 3 is 2.53 bits per heavy atom. The van der Waals surface area contributed by atoms with Crippen molar-refractivity contribution in [3.8, 4) is 0 Å². The smallest absolute Gasteiger partial charge is 0.332 e. The highest BCUT2D eigenvalue weighted by atomic mass is 16.3. The zero-order valence-corrected chi connectivity index (χ0v) is 20.3. The maximum absolute atomic E-state index is 13.6. The van der Waals surface area contributed by atoms with Crippen molar-refractivity contribution in [2.45, 2.75) is 51.7 Å². The van der Waals surface area contributed by atoms with Crippen LogP contribution in [0.15, 0.2) is 62.5 Å². The van der Waals surface area contributed by atoms with E-state index in [0.717, 1.165) is 35.8 Å². The van der Waals surface area contributed by atoms with Gasteiger partial charge >= 0.3 is 5.69 Å². The Bertz CT molecular complexity index is 1590. The van der Waals surface area contributed by atoms with Gasteiger partial charge in [0.05, 0.1) is 0 Å². The van der Waals surface area contributed by atoms with E-state index in [-0.39, 0.29) is 29.6 Å². The predicted octanol–water partition coefficient (Wildman–Crippen LogP) is 2.94. The van der Waals surface area contributed by atoms with Crippen LogP contribution in [0.5, 0.6) is 0 Å². The van der Waals surface area contributed by atoms with Crippen LogP contribution in [0.2, 0.25) is 0 Å². The van der Waals surface area contributed by atoms with Gasteiger partial charge in [0.15, 0.2) is 0 Å². The minimum atomic E-state index is -0.730. The van der Waals surface area contributed by atoms with Gasteiger partial charge in [0.25, 0.3) is 5.56 Å². The van der Waals surface area contributed by atoms with Gasteiger partial charge in [-0.2, -0.15) is 0 Å². The van der Waals surface area contributed by atoms with E-state index in [1.165, 1.54) is 9.47 Å². The van der Waals surface area contributed by atoms with Gasteiger partial charge in [-0.15, -0.1) is 0 Å². The first-order valence-electron chi connectivity index (χ1n) is 12.1. The molecule has 2 aromatic carbocycles. The molecule has 2 aromatic heterocycles. The van der Waals surface area contributed by atoms with E-state index >= 15 is 0 Å². The van der Waals surface area contributed by atoms with Crippen LogP contribution in [0.3, 0.4) is 0 Å². The van der Waals surface area contributed by atoms with Crippen molar-refractivity contribution in [2.24, 2.45) is 0 Å². The summed E-state index contributed by atoms with van der Waals surface area (Å²) in [7, 11) is 1.64. The Kier molecular flexibility index (Phi) is 6.22. The molecule has 0 saturated heterocycles. The van der Waals surface area contributed by atoms with Crippen molar-refractivity contribution in [3.63, 3.8) is 0 Å². The highest BCUT2D eigenvalue weighted by molar-refractivity contribution is 6.03. The molecule has 5 rings (SSSR count). The number of aromatic nitrogens is 2. The number of nitrogens with zero attached hydrogens (tertiary/aromatic N) is 3. The van der Waals surface area contributed by atoms with Gasteiger partial charge in [-0.3, -0.25) is 19.0 Å². The molecule has 36 heavy (non-hydrogen) atoms. The molecular weight excluding hydrogens is 460 g/mol. The number of nitrogens with one attached hydrogen (secondary N) is 1. The Morgan fingerprint density at radius 2 is 1.78 bits per heavy atom. The van der Waals surface area contributed by atoms with E-state index in [9.17, 15) is 19.2 Å². The van der Waals surface area contributed by atoms with Crippen molar-refractivity contribution >= 4 is 39.6 Å². The summed E-state index contributed by atoms with van der Waals surface area (Å²) < 4.78 is 7.92. The molecule has 2 amide bonds. The normalized spacial score (nSPS) is 13.9. The molecule has 186 valence electrons. The Labute approximate surface area is 206 Å². The molecule has 9 heteroatoms. The third kappa shape index (κ3) is 4.32. The molecule has 1 aliphatic rings. The molecule has 0 bridgehead atoms. The summed E-state index contributed by atoms with van der Waals surface area (Å²) >= 11 is 0. The zero-order valence-electron chi connectivity index (χ0n) is 20.3. The number of aryl methyl sites for hydroxylation is 1. The summed E-state index contributed by atoms with van der Waals surface area (Å²) in [6.07, 6.45) is 3.85. The number of benzene rings is 2. The highest BCUT2D eigenvalue weighted by Gasteiger charge is 2.24. The first-order valence-corrected chi connectivity index (χ1v) is 12.1. The number of amides is 2. The molecule has 0 atom stereocenters. The monoisotopic (exact) mass is 488 g/mol. The number of hydrogen-bond donors (Lipinski definition) is 1. The standard InChI is InChI=1S/C27H28N4O5/c1-17-8-7-11-19(14-17)29(2)23(33)16-30-24-20-12-5-6-13-21(20)36-25(24)26(34)31(27(30)35)15-22(32)28-18-9-3-4-10-18/h5-8,11-14,18H,3-4,9-10,15-16H2,1-2H3,(H,28,32). The number of anilines is 1. The average Bonchev–Trinajstić information content (AvgIpc) is 3.51. The highest BCUT2D eigenvalue weighted by Crippen LogP contribution is 2.26. The average molecular weight is 489 g/mol. The number of fused-ring (bicyclic) bond motifs is 3. The topological polar surface area (TPSA) is 107 Å². The molecule has 2 heterocycles. The predicted molar refractivity (Wildman–Crippen MR) is 137 cm³/mol. The fourth-order valence-corrected chi connectivity index (χ4v) is 4.89. The third-order valence-electron chi connectivity index (χ3n) is 6.82. The summed E-state index contributed by atoms with van der Waals surface area (Å²) in [5, 5.41) is 3.46. The van der Waals surface area contributed by atoms with Crippen LogP contribution >= 0.6 is 0 Å². The van der Waals surface area contributed by atoms with E-state index < -0.39 is 23.7 Å². The quantitative estimate of drug-likeness (QED) is 0.449. The van der Waals surface area contributed by atoms with E-state index in [1.54, 1.807) is 31.3 Å². The second kappa shape index (κ2) is 9.49.